The lowest BCUT2D eigenvalue weighted by Crippen LogP contribution is -2.11. The monoisotopic (exact) mass is 393 g/mol. The van der Waals surface area contributed by atoms with E-state index in [9.17, 15) is 13.2 Å². The molecule has 1 heterocycles. The van der Waals surface area contributed by atoms with Gasteiger partial charge in [-0.25, -0.2) is 18.4 Å². The van der Waals surface area contributed by atoms with Crippen molar-refractivity contribution in [2.24, 2.45) is 5.14 Å². The molecule has 1 aliphatic heterocycles. The molecule has 0 aromatic heterocycles. The summed E-state index contributed by atoms with van der Waals surface area (Å²) in [5.74, 6) is -0.391. The Morgan fingerprint density at radius 1 is 0.957 bits per heavy atom. The molecule has 7 heteroatoms. The SMILES string of the molecule is NS(=O)(=O)c1ccc(C2=C(c3ccc(Br)cc3)C(=O)OC2)cc1. The van der Waals surface area contributed by atoms with E-state index in [0.29, 0.717) is 5.57 Å². The second-order valence-electron chi connectivity index (χ2n) is 5.01. The number of hydrogen-bond donors (Lipinski definition) is 1. The summed E-state index contributed by atoms with van der Waals surface area (Å²) in [4.78, 5) is 12.1. The minimum Gasteiger partial charge on any atom is -0.457 e. The van der Waals surface area contributed by atoms with Crippen molar-refractivity contribution in [3.63, 3.8) is 0 Å². The zero-order chi connectivity index (χ0) is 16.6. The number of sulfonamides is 1. The summed E-state index contributed by atoms with van der Waals surface area (Å²) in [6.45, 7) is 0.152. The number of hydrogen-bond acceptors (Lipinski definition) is 4. The van der Waals surface area contributed by atoms with E-state index in [4.69, 9.17) is 9.88 Å². The minimum absolute atomic E-state index is 0.0253. The van der Waals surface area contributed by atoms with Crippen molar-refractivity contribution in [2.45, 2.75) is 4.90 Å². The number of benzene rings is 2. The highest BCUT2D eigenvalue weighted by Gasteiger charge is 2.27. The molecule has 0 spiro atoms. The number of ether oxygens (including phenoxy) is 1. The Balaban J connectivity index is 2.08. The quantitative estimate of drug-likeness (QED) is 0.811. The van der Waals surface area contributed by atoms with E-state index in [0.717, 1.165) is 21.2 Å². The van der Waals surface area contributed by atoms with Crippen molar-refractivity contribution in [1.29, 1.82) is 0 Å². The van der Waals surface area contributed by atoms with E-state index >= 15 is 0 Å². The highest BCUT2D eigenvalue weighted by Crippen LogP contribution is 2.33. The molecule has 0 aliphatic carbocycles. The molecule has 0 bridgehead atoms. The van der Waals surface area contributed by atoms with Gasteiger partial charge in [-0.3, -0.25) is 0 Å². The van der Waals surface area contributed by atoms with Gasteiger partial charge in [0.25, 0.3) is 0 Å². The molecule has 2 N–H and O–H groups in total. The van der Waals surface area contributed by atoms with Gasteiger partial charge in [-0.15, -0.1) is 0 Å². The Morgan fingerprint density at radius 3 is 2.09 bits per heavy atom. The van der Waals surface area contributed by atoms with E-state index in [-0.39, 0.29) is 11.5 Å². The fourth-order valence-corrected chi connectivity index (χ4v) is 3.17. The van der Waals surface area contributed by atoms with E-state index in [1.165, 1.54) is 12.1 Å². The Labute approximate surface area is 141 Å². The van der Waals surface area contributed by atoms with E-state index in [1.54, 1.807) is 12.1 Å². The first kappa shape index (κ1) is 15.9. The lowest BCUT2D eigenvalue weighted by atomic mass is 9.97. The van der Waals surface area contributed by atoms with Crippen molar-refractivity contribution < 1.29 is 17.9 Å². The first-order valence-electron chi connectivity index (χ1n) is 6.66. The van der Waals surface area contributed by atoms with Gasteiger partial charge >= 0.3 is 5.97 Å². The lowest BCUT2D eigenvalue weighted by Gasteiger charge is -2.06. The molecule has 2 aromatic rings. The standard InChI is InChI=1S/C16H12BrNO4S/c17-12-5-1-11(2-6-12)15-14(9-22-16(15)19)10-3-7-13(8-4-10)23(18,20)21/h1-8H,9H2,(H2,18,20,21). The number of primary sulfonamides is 1. The van der Waals surface area contributed by atoms with Gasteiger partial charge in [-0.1, -0.05) is 40.2 Å². The average molecular weight is 394 g/mol. The fourth-order valence-electron chi connectivity index (χ4n) is 2.39. The molecule has 5 nitrogen and oxygen atoms in total. The van der Waals surface area contributed by atoms with E-state index in [2.05, 4.69) is 15.9 Å². The highest BCUT2D eigenvalue weighted by atomic mass is 79.9. The molecule has 0 unspecified atom stereocenters. The molecule has 23 heavy (non-hydrogen) atoms. The Kier molecular flexibility index (Phi) is 4.09. The van der Waals surface area contributed by atoms with Crippen LogP contribution in [0.1, 0.15) is 11.1 Å². The third-order valence-electron chi connectivity index (χ3n) is 3.52. The van der Waals surface area contributed by atoms with Gasteiger partial charge in [0.15, 0.2) is 0 Å². The summed E-state index contributed by atoms with van der Waals surface area (Å²) < 4.78 is 28.7. The van der Waals surface area contributed by atoms with Crippen LogP contribution in [0.25, 0.3) is 11.1 Å². The summed E-state index contributed by atoms with van der Waals surface area (Å²) >= 11 is 3.35. The molecule has 3 rings (SSSR count). The van der Waals surface area contributed by atoms with Crippen LogP contribution >= 0.6 is 15.9 Å². The number of carbonyl (C=O) groups excluding carboxylic acids is 1. The Hall–Kier alpha value is -1.96. The largest absolute Gasteiger partial charge is 0.457 e. The highest BCUT2D eigenvalue weighted by molar-refractivity contribution is 9.10. The summed E-state index contributed by atoms with van der Waals surface area (Å²) in [5, 5.41) is 5.09. The maximum absolute atomic E-state index is 12.1. The van der Waals surface area contributed by atoms with E-state index < -0.39 is 16.0 Å². The maximum Gasteiger partial charge on any atom is 0.339 e. The van der Waals surface area contributed by atoms with Crippen LogP contribution in [0.4, 0.5) is 0 Å². The molecule has 2 aromatic carbocycles. The summed E-state index contributed by atoms with van der Waals surface area (Å²) in [6.07, 6.45) is 0. The smallest absolute Gasteiger partial charge is 0.339 e. The van der Waals surface area contributed by atoms with Crippen molar-refractivity contribution >= 4 is 43.1 Å². The normalized spacial score (nSPS) is 15.0. The molecule has 0 atom stereocenters. The van der Waals surface area contributed by atoms with Crippen LogP contribution in [-0.2, 0) is 19.6 Å². The molecule has 0 radical (unpaired) electrons. The summed E-state index contributed by atoms with van der Waals surface area (Å²) in [6, 6.07) is 13.4. The van der Waals surface area contributed by atoms with E-state index in [1.807, 2.05) is 24.3 Å². The van der Waals surface area contributed by atoms with Gasteiger partial charge < -0.3 is 4.74 Å². The van der Waals surface area contributed by atoms with Crippen LogP contribution in [0, 0.1) is 0 Å². The number of nitrogens with two attached hydrogens (primary N) is 1. The van der Waals surface area contributed by atoms with Crippen LogP contribution in [0.5, 0.6) is 0 Å². The predicted molar refractivity (Wildman–Crippen MR) is 89.7 cm³/mol. The van der Waals surface area contributed by atoms with Crippen molar-refractivity contribution in [2.75, 3.05) is 6.61 Å². The first-order chi connectivity index (χ1) is 10.9. The van der Waals surface area contributed by atoms with Crippen LogP contribution < -0.4 is 5.14 Å². The van der Waals surface area contributed by atoms with Crippen molar-refractivity contribution in [3.05, 3.63) is 64.1 Å². The second kappa shape index (κ2) is 5.92. The average Bonchev–Trinajstić information content (AvgIpc) is 2.89. The van der Waals surface area contributed by atoms with Gasteiger partial charge in [-0.2, -0.15) is 0 Å². The number of carbonyl (C=O) groups is 1. The summed E-state index contributed by atoms with van der Waals surface area (Å²) in [5.41, 5.74) is 2.68. The predicted octanol–water partition coefficient (Wildman–Crippen LogP) is 2.56. The van der Waals surface area contributed by atoms with Crippen molar-refractivity contribution in [1.82, 2.24) is 0 Å². The minimum atomic E-state index is -3.74. The molecule has 0 saturated carbocycles. The molecule has 0 saturated heterocycles. The third-order valence-corrected chi connectivity index (χ3v) is 4.98. The zero-order valence-corrected chi connectivity index (χ0v) is 14.2. The molecule has 0 amide bonds. The lowest BCUT2D eigenvalue weighted by molar-refractivity contribution is -0.133. The zero-order valence-electron chi connectivity index (χ0n) is 11.8. The summed E-state index contributed by atoms with van der Waals surface area (Å²) in [7, 11) is -3.74. The molecule has 118 valence electrons. The fraction of sp³-hybridized carbons (Fsp3) is 0.0625. The van der Waals surface area contributed by atoms with Crippen LogP contribution in [-0.4, -0.2) is 21.0 Å². The first-order valence-corrected chi connectivity index (χ1v) is 8.99. The topological polar surface area (TPSA) is 86.5 Å². The van der Waals surface area contributed by atoms with Crippen molar-refractivity contribution in [3.8, 4) is 0 Å². The second-order valence-corrected chi connectivity index (χ2v) is 7.48. The Bertz CT molecular complexity index is 900. The number of halogens is 1. The van der Waals surface area contributed by atoms with Gasteiger partial charge in [0.05, 0.1) is 10.5 Å². The Morgan fingerprint density at radius 2 is 1.52 bits per heavy atom. The van der Waals surface area contributed by atoms with Crippen LogP contribution in [0.15, 0.2) is 57.9 Å². The molecular formula is C16H12BrNO4S. The number of rotatable bonds is 3. The van der Waals surface area contributed by atoms with Crippen LogP contribution in [0.3, 0.4) is 0 Å². The van der Waals surface area contributed by atoms with Gasteiger partial charge in [-0.05, 0) is 35.4 Å². The number of esters is 1. The molecule has 0 fully saturated rings. The molecule has 1 aliphatic rings. The molecular weight excluding hydrogens is 382 g/mol. The third kappa shape index (κ3) is 3.21. The van der Waals surface area contributed by atoms with Gasteiger partial charge in [0, 0.05) is 10.0 Å². The van der Waals surface area contributed by atoms with Crippen LogP contribution in [0.2, 0.25) is 0 Å². The number of cyclic esters (lactones) is 1. The maximum atomic E-state index is 12.1. The van der Waals surface area contributed by atoms with Gasteiger partial charge in [0.1, 0.15) is 6.61 Å². The van der Waals surface area contributed by atoms with Gasteiger partial charge in [0.2, 0.25) is 10.0 Å².